The van der Waals surface area contributed by atoms with E-state index in [2.05, 4.69) is 25.9 Å². The first kappa shape index (κ1) is 24.4. The molecule has 0 saturated heterocycles. The molecule has 34 heavy (non-hydrogen) atoms. The van der Waals surface area contributed by atoms with E-state index >= 15 is 0 Å². The monoisotopic (exact) mass is 501 g/mol. The third-order valence-corrected chi connectivity index (χ3v) is 7.79. The third-order valence-electron chi connectivity index (χ3n) is 5.92. The Kier molecular flexibility index (Phi) is 7.37. The minimum Gasteiger partial charge on any atom is -0.382 e. The zero-order valence-corrected chi connectivity index (χ0v) is 21.3. The van der Waals surface area contributed by atoms with Crippen LogP contribution in [0, 0.1) is 5.92 Å². The average molecular weight is 502 g/mol. The molecule has 1 amide bonds. The summed E-state index contributed by atoms with van der Waals surface area (Å²) >= 11 is 1.58. The van der Waals surface area contributed by atoms with Crippen LogP contribution in [0.1, 0.15) is 49.9 Å². The first-order valence-corrected chi connectivity index (χ1v) is 14.5. The number of sulfone groups is 1. The van der Waals surface area contributed by atoms with Gasteiger partial charge in [0, 0.05) is 36.3 Å². The fraction of sp³-hybridized carbons (Fsp3) is 0.458. The summed E-state index contributed by atoms with van der Waals surface area (Å²) in [6.45, 7) is 4.05. The number of carbonyl (C=O) groups excluding carboxylic acids is 1. The zero-order chi connectivity index (χ0) is 24.3. The van der Waals surface area contributed by atoms with Crippen LogP contribution < -0.4 is 16.0 Å². The number of hydrogen-bond acceptors (Lipinski definition) is 8. The van der Waals surface area contributed by atoms with Crippen LogP contribution in [0.5, 0.6) is 0 Å². The molecule has 8 nitrogen and oxygen atoms in total. The molecule has 0 aliphatic heterocycles. The summed E-state index contributed by atoms with van der Waals surface area (Å²) < 4.78 is 24.2. The van der Waals surface area contributed by atoms with E-state index in [0.29, 0.717) is 11.4 Å². The van der Waals surface area contributed by atoms with E-state index in [1.54, 1.807) is 17.5 Å². The van der Waals surface area contributed by atoms with E-state index in [1.165, 1.54) is 6.26 Å². The van der Waals surface area contributed by atoms with Crippen LogP contribution in [0.3, 0.4) is 0 Å². The van der Waals surface area contributed by atoms with Gasteiger partial charge in [0.05, 0.1) is 32.7 Å². The van der Waals surface area contributed by atoms with E-state index in [-0.39, 0.29) is 29.7 Å². The highest BCUT2D eigenvalue weighted by Crippen LogP contribution is 2.28. The van der Waals surface area contributed by atoms with Crippen LogP contribution in [-0.2, 0) is 9.84 Å². The van der Waals surface area contributed by atoms with Crippen molar-refractivity contribution in [1.82, 2.24) is 15.3 Å². The first-order valence-electron chi connectivity index (χ1n) is 11.5. The van der Waals surface area contributed by atoms with Gasteiger partial charge in [-0.25, -0.2) is 18.4 Å². The molecule has 0 unspecified atom stereocenters. The molecular formula is C24H31N5O3S2. The van der Waals surface area contributed by atoms with E-state index in [9.17, 15) is 13.2 Å². The number of rotatable bonds is 8. The Morgan fingerprint density at radius 1 is 1.15 bits per heavy atom. The van der Waals surface area contributed by atoms with Crippen molar-refractivity contribution in [3.05, 3.63) is 41.5 Å². The van der Waals surface area contributed by atoms with Crippen molar-refractivity contribution in [3.8, 4) is 0 Å². The van der Waals surface area contributed by atoms with Crippen LogP contribution >= 0.6 is 11.3 Å². The topological polar surface area (TPSA) is 113 Å². The summed E-state index contributed by atoms with van der Waals surface area (Å²) in [7, 11) is -2.97. The van der Waals surface area contributed by atoms with Gasteiger partial charge in [0.15, 0.2) is 0 Å². The highest BCUT2D eigenvalue weighted by Gasteiger charge is 2.26. The molecule has 0 radical (unpaired) electrons. The Hall–Kier alpha value is -2.72. The SMILES string of the molecule is CC(C)Nc1cc(Nc2ccc3ncsc3c2)ncc1C(=O)NC1CCC(CS(C)(=O)=O)CC1. The quantitative estimate of drug-likeness (QED) is 0.414. The predicted molar refractivity (Wildman–Crippen MR) is 139 cm³/mol. The molecule has 10 heteroatoms. The molecule has 3 aromatic rings. The van der Waals surface area contributed by atoms with Gasteiger partial charge in [0.1, 0.15) is 15.7 Å². The number of carbonyl (C=O) groups is 1. The zero-order valence-electron chi connectivity index (χ0n) is 19.7. The van der Waals surface area contributed by atoms with Gasteiger partial charge < -0.3 is 16.0 Å². The molecule has 0 atom stereocenters. The first-order chi connectivity index (χ1) is 16.2. The van der Waals surface area contributed by atoms with Crippen molar-refractivity contribution in [2.45, 2.75) is 51.6 Å². The fourth-order valence-electron chi connectivity index (χ4n) is 4.38. The van der Waals surface area contributed by atoms with Crippen molar-refractivity contribution < 1.29 is 13.2 Å². The normalized spacial score (nSPS) is 18.7. The molecule has 1 fully saturated rings. The maximum atomic E-state index is 13.1. The maximum absolute atomic E-state index is 13.1. The summed E-state index contributed by atoms with van der Waals surface area (Å²) in [6, 6.07) is 7.99. The van der Waals surface area contributed by atoms with Crippen LogP contribution in [-0.4, -0.2) is 48.4 Å². The van der Waals surface area contributed by atoms with Crippen LogP contribution in [0.15, 0.2) is 36.0 Å². The molecule has 1 aromatic carbocycles. The van der Waals surface area contributed by atoms with Crippen molar-refractivity contribution in [1.29, 1.82) is 0 Å². The van der Waals surface area contributed by atoms with E-state index < -0.39 is 9.84 Å². The standard InChI is InChI=1S/C24H31N5O3S2/c1-15(2)27-21-11-23(28-18-8-9-20-22(10-18)33-14-26-20)25-12-19(21)24(30)29-17-6-4-16(5-7-17)13-34(3,31)32/h8-12,14-17H,4-7,13H2,1-3H3,(H,29,30)(H2,25,27,28). The van der Waals surface area contributed by atoms with E-state index in [0.717, 1.165) is 47.3 Å². The second kappa shape index (κ2) is 10.3. The van der Waals surface area contributed by atoms with Crippen molar-refractivity contribution in [2.75, 3.05) is 22.6 Å². The average Bonchev–Trinajstić information content (AvgIpc) is 3.22. The van der Waals surface area contributed by atoms with Gasteiger partial charge in [0.25, 0.3) is 5.91 Å². The second-order valence-electron chi connectivity index (χ2n) is 9.36. The molecule has 4 rings (SSSR count). The van der Waals surface area contributed by atoms with E-state index in [4.69, 9.17) is 0 Å². The van der Waals surface area contributed by atoms with Gasteiger partial charge in [-0.15, -0.1) is 11.3 Å². The van der Waals surface area contributed by atoms with Gasteiger partial charge in [0.2, 0.25) is 0 Å². The Morgan fingerprint density at radius 3 is 2.62 bits per heavy atom. The molecular weight excluding hydrogens is 470 g/mol. The molecule has 1 aliphatic carbocycles. The number of nitrogens with one attached hydrogen (secondary N) is 3. The van der Waals surface area contributed by atoms with Crippen molar-refractivity contribution in [2.24, 2.45) is 5.92 Å². The lowest BCUT2D eigenvalue weighted by Gasteiger charge is -2.29. The van der Waals surface area contributed by atoms with Gasteiger partial charge in [-0.3, -0.25) is 4.79 Å². The Bertz CT molecular complexity index is 1260. The van der Waals surface area contributed by atoms with Gasteiger partial charge in [-0.05, 0) is 63.6 Å². The van der Waals surface area contributed by atoms with Crippen molar-refractivity contribution >= 4 is 54.5 Å². The Balaban J connectivity index is 1.44. The lowest BCUT2D eigenvalue weighted by molar-refractivity contribution is 0.0923. The van der Waals surface area contributed by atoms with Crippen LogP contribution in [0.2, 0.25) is 0 Å². The third kappa shape index (κ3) is 6.44. The highest BCUT2D eigenvalue weighted by molar-refractivity contribution is 7.90. The van der Waals surface area contributed by atoms with Crippen LogP contribution in [0.25, 0.3) is 10.2 Å². The summed E-state index contributed by atoms with van der Waals surface area (Å²) in [5.74, 6) is 0.881. The maximum Gasteiger partial charge on any atom is 0.255 e. The van der Waals surface area contributed by atoms with Gasteiger partial charge >= 0.3 is 0 Å². The van der Waals surface area contributed by atoms with Crippen LogP contribution in [0.4, 0.5) is 17.2 Å². The lowest BCUT2D eigenvalue weighted by Crippen LogP contribution is -2.39. The molecule has 1 saturated carbocycles. The number of amides is 1. The Labute approximate surface area is 204 Å². The van der Waals surface area contributed by atoms with Crippen molar-refractivity contribution in [3.63, 3.8) is 0 Å². The number of thiazole rings is 1. The summed E-state index contributed by atoms with van der Waals surface area (Å²) in [6.07, 6.45) is 6.06. The number of nitrogens with zero attached hydrogens (tertiary/aromatic N) is 2. The smallest absolute Gasteiger partial charge is 0.255 e. The predicted octanol–water partition coefficient (Wildman–Crippen LogP) is 4.59. The molecule has 182 valence electrons. The number of hydrogen-bond donors (Lipinski definition) is 3. The largest absolute Gasteiger partial charge is 0.382 e. The van der Waals surface area contributed by atoms with Gasteiger partial charge in [-0.1, -0.05) is 0 Å². The minimum absolute atomic E-state index is 0.0409. The summed E-state index contributed by atoms with van der Waals surface area (Å²) in [5, 5.41) is 9.80. The molecule has 0 bridgehead atoms. The molecule has 1 aliphatic rings. The summed E-state index contributed by atoms with van der Waals surface area (Å²) in [4.78, 5) is 21.9. The second-order valence-corrected chi connectivity index (χ2v) is 12.4. The summed E-state index contributed by atoms with van der Waals surface area (Å²) in [5.41, 5.74) is 4.90. The minimum atomic E-state index is -2.97. The number of fused-ring (bicyclic) bond motifs is 1. The van der Waals surface area contributed by atoms with Gasteiger partial charge in [-0.2, -0.15) is 0 Å². The molecule has 2 aromatic heterocycles. The Morgan fingerprint density at radius 2 is 1.91 bits per heavy atom. The lowest BCUT2D eigenvalue weighted by atomic mass is 9.87. The fourth-order valence-corrected chi connectivity index (χ4v) is 6.29. The number of benzene rings is 1. The number of aromatic nitrogens is 2. The molecule has 0 spiro atoms. The highest BCUT2D eigenvalue weighted by atomic mass is 32.2. The number of pyridine rings is 1. The van der Waals surface area contributed by atoms with E-state index in [1.807, 2.05) is 43.6 Å². The number of anilines is 3. The molecule has 3 N–H and O–H groups in total. The molecule has 2 heterocycles.